The Hall–Kier alpha value is -2.73. The smallest absolute Gasteiger partial charge is 0.191 e. The SMILES string of the molecule is CN=C(NCc1ccc2c(c1)OCCCO2)NCC(CO)c1ccccc1. The van der Waals surface area contributed by atoms with Crippen molar-refractivity contribution in [1.29, 1.82) is 0 Å². The molecule has 0 amide bonds. The van der Waals surface area contributed by atoms with Crippen molar-refractivity contribution in [3.8, 4) is 11.5 Å². The number of rotatable bonds is 6. The van der Waals surface area contributed by atoms with Crippen LogP contribution in [-0.4, -0.2) is 44.5 Å². The Morgan fingerprint density at radius 1 is 1.07 bits per heavy atom. The van der Waals surface area contributed by atoms with Crippen LogP contribution < -0.4 is 20.1 Å². The van der Waals surface area contributed by atoms with Crippen molar-refractivity contribution in [3.63, 3.8) is 0 Å². The van der Waals surface area contributed by atoms with Gasteiger partial charge >= 0.3 is 0 Å². The quantitative estimate of drug-likeness (QED) is 0.538. The summed E-state index contributed by atoms with van der Waals surface area (Å²) in [7, 11) is 1.74. The van der Waals surface area contributed by atoms with E-state index in [4.69, 9.17) is 9.47 Å². The molecule has 0 bridgehead atoms. The Morgan fingerprint density at radius 2 is 1.85 bits per heavy atom. The molecule has 0 aliphatic carbocycles. The highest BCUT2D eigenvalue weighted by atomic mass is 16.5. The van der Waals surface area contributed by atoms with Crippen molar-refractivity contribution >= 4 is 5.96 Å². The van der Waals surface area contributed by atoms with Crippen LogP contribution >= 0.6 is 0 Å². The van der Waals surface area contributed by atoms with E-state index in [0.717, 1.165) is 29.0 Å². The Bertz CT molecular complexity index is 750. The largest absolute Gasteiger partial charge is 0.490 e. The minimum Gasteiger partial charge on any atom is -0.490 e. The molecule has 144 valence electrons. The van der Waals surface area contributed by atoms with E-state index in [1.807, 2.05) is 48.5 Å². The minimum atomic E-state index is 0.0165. The van der Waals surface area contributed by atoms with Gasteiger partial charge in [0.25, 0.3) is 0 Å². The molecule has 1 aliphatic rings. The van der Waals surface area contributed by atoms with E-state index in [2.05, 4.69) is 15.6 Å². The van der Waals surface area contributed by atoms with Crippen molar-refractivity contribution in [2.24, 2.45) is 4.99 Å². The number of aliphatic imine (C=N–C) groups is 1. The molecule has 1 atom stereocenters. The number of hydrogen-bond acceptors (Lipinski definition) is 4. The molecule has 1 heterocycles. The van der Waals surface area contributed by atoms with Gasteiger partial charge in [0, 0.05) is 32.5 Å². The second-order valence-corrected chi connectivity index (χ2v) is 6.43. The van der Waals surface area contributed by atoms with E-state index in [1.54, 1.807) is 7.05 Å². The van der Waals surface area contributed by atoms with Crippen LogP contribution in [0, 0.1) is 0 Å². The predicted molar refractivity (Wildman–Crippen MR) is 107 cm³/mol. The average molecular weight is 369 g/mol. The monoisotopic (exact) mass is 369 g/mol. The molecule has 2 aromatic rings. The molecular weight excluding hydrogens is 342 g/mol. The fourth-order valence-corrected chi connectivity index (χ4v) is 2.96. The Labute approximate surface area is 160 Å². The highest BCUT2D eigenvalue weighted by molar-refractivity contribution is 5.79. The third kappa shape index (κ3) is 5.37. The van der Waals surface area contributed by atoms with E-state index in [9.17, 15) is 5.11 Å². The number of guanidine groups is 1. The molecule has 0 saturated carbocycles. The van der Waals surface area contributed by atoms with Gasteiger partial charge < -0.3 is 25.2 Å². The van der Waals surface area contributed by atoms with Gasteiger partial charge in [-0.15, -0.1) is 0 Å². The first-order valence-corrected chi connectivity index (χ1v) is 9.29. The second-order valence-electron chi connectivity index (χ2n) is 6.43. The summed E-state index contributed by atoms with van der Waals surface area (Å²) in [6.45, 7) is 2.66. The Morgan fingerprint density at radius 3 is 2.59 bits per heavy atom. The van der Waals surface area contributed by atoms with Crippen LogP contribution in [0.5, 0.6) is 11.5 Å². The van der Waals surface area contributed by atoms with E-state index < -0.39 is 0 Å². The zero-order valence-electron chi connectivity index (χ0n) is 15.6. The van der Waals surface area contributed by atoms with Gasteiger partial charge in [-0.25, -0.2) is 0 Å². The number of benzene rings is 2. The van der Waals surface area contributed by atoms with Crippen LogP contribution in [0.15, 0.2) is 53.5 Å². The fraction of sp³-hybridized carbons (Fsp3) is 0.381. The number of nitrogens with zero attached hydrogens (tertiary/aromatic N) is 1. The summed E-state index contributed by atoms with van der Waals surface area (Å²) in [5.41, 5.74) is 2.19. The molecule has 3 rings (SSSR count). The van der Waals surface area contributed by atoms with Crippen molar-refractivity contribution in [2.45, 2.75) is 18.9 Å². The number of nitrogens with one attached hydrogen (secondary N) is 2. The Balaban J connectivity index is 1.54. The first-order valence-electron chi connectivity index (χ1n) is 9.29. The van der Waals surface area contributed by atoms with Crippen molar-refractivity contribution < 1.29 is 14.6 Å². The standard InChI is InChI=1S/C21H27N3O3/c1-22-21(24-14-18(15-25)17-6-3-2-4-7-17)23-13-16-8-9-19-20(12-16)27-11-5-10-26-19/h2-4,6-9,12,18,25H,5,10-11,13-15H2,1H3,(H2,22,23,24). The second kappa shape index (κ2) is 9.83. The van der Waals surface area contributed by atoms with Crippen LogP contribution in [0.3, 0.4) is 0 Å². The fourth-order valence-electron chi connectivity index (χ4n) is 2.96. The summed E-state index contributed by atoms with van der Waals surface area (Å²) < 4.78 is 11.4. The maximum atomic E-state index is 9.68. The summed E-state index contributed by atoms with van der Waals surface area (Å²) in [6, 6.07) is 16.0. The lowest BCUT2D eigenvalue weighted by atomic mass is 10.0. The summed E-state index contributed by atoms with van der Waals surface area (Å²) in [4.78, 5) is 4.26. The molecule has 0 spiro atoms. The topological polar surface area (TPSA) is 75.1 Å². The van der Waals surface area contributed by atoms with Gasteiger partial charge in [0.15, 0.2) is 17.5 Å². The molecule has 6 heteroatoms. The zero-order valence-corrected chi connectivity index (χ0v) is 15.6. The number of ether oxygens (including phenoxy) is 2. The molecule has 0 aromatic heterocycles. The van der Waals surface area contributed by atoms with Gasteiger partial charge in [-0.1, -0.05) is 36.4 Å². The van der Waals surface area contributed by atoms with Crippen LogP contribution in [-0.2, 0) is 6.54 Å². The van der Waals surface area contributed by atoms with Gasteiger partial charge in [0.05, 0.1) is 19.8 Å². The molecule has 2 aromatic carbocycles. The maximum Gasteiger partial charge on any atom is 0.191 e. The zero-order chi connectivity index (χ0) is 18.9. The number of aliphatic hydroxyl groups is 1. The van der Waals surface area contributed by atoms with Crippen molar-refractivity contribution in [2.75, 3.05) is 33.4 Å². The predicted octanol–water partition coefficient (Wildman–Crippen LogP) is 2.29. The first kappa shape index (κ1) is 19.0. The lowest BCUT2D eigenvalue weighted by Crippen LogP contribution is -2.39. The minimum absolute atomic E-state index is 0.0165. The van der Waals surface area contributed by atoms with Gasteiger partial charge in [-0.3, -0.25) is 4.99 Å². The Kier molecular flexibility index (Phi) is 6.93. The maximum absolute atomic E-state index is 9.68. The number of fused-ring (bicyclic) bond motifs is 1. The van der Waals surface area contributed by atoms with Crippen LogP contribution in [0.1, 0.15) is 23.5 Å². The summed E-state index contributed by atoms with van der Waals surface area (Å²) in [5, 5.41) is 16.3. The summed E-state index contributed by atoms with van der Waals surface area (Å²) >= 11 is 0. The molecule has 1 unspecified atom stereocenters. The number of hydrogen-bond donors (Lipinski definition) is 3. The van der Waals surface area contributed by atoms with Crippen LogP contribution in [0.2, 0.25) is 0 Å². The number of aliphatic hydroxyl groups excluding tert-OH is 1. The molecule has 27 heavy (non-hydrogen) atoms. The highest BCUT2D eigenvalue weighted by Crippen LogP contribution is 2.30. The van der Waals surface area contributed by atoms with Crippen LogP contribution in [0.4, 0.5) is 0 Å². The van der Waals surface area contributed by atoms with E-state index in [-0.39, 0.29) is 12.5 Å². The van der Waals surface area contributed by atoms with Gasteiger partial charge in [0.1, 0.15) is 0 Å². The lowest BCUT2D eigenvalue weighted by Gasteiger charge is -2.18. The van der Waals surface area contributed by atoms with Crippen molar-refractivity contribution in [3.05, 3.63) is 59.7 Å². The molecule has 3 N–H and O–H groups in total. The van der Waals surface area contributed by atoms with E-state index >= 15 is 0 Å². The third-order valence-electron chi connectivity index (χ3n) is 4.50. The average Bonchev–Trinajstić information content (AvgIpc) is 2.96. The molecule has 0 saturated heterocycles. The van der Waals surface area contributed by atoms with Gasteiger partial charge in [-0.2, -0.15) is 0 Å². The summed E-state index contributed by atoms with van der Waals surface area (Å²) in [5.74, 6) is 2.30. The molecule has 0 fully saturated rings. The van der Waals surface area contributed by atoms with E-state index in [0.29, 0.717) is 32.3 Å². The molecule has 1 aliphatic heterocycles. The lowest BCUT2D eigenvalue weighted by molar-refractivity contribution is 0.265. The molecule has 0 radical (unpaired) electrons. The molecule has 6 nitrogen and oxygen atoms in total. The first-order chi connectivity index (χ1) is 13.3. The van der Waals surface area contributed by atoms with Gasteiger partial charge in [0.2, 0.25) is 0 Å². The normalized spacial score (nSPS) is 15.0. The van der Waals surface area contributed by atoms with Crippen molar-refractivity contribution in [1.82, 2.24) is 10.6 Å². The summed E-state index contributed by atoms with van der Waals surface area (Å²) in [6.07, 6.45) is 0.895. The van der Waals surface area contributed by atoms with Crippen LogP contribution in [0.25, 0.3) is 0 Å². The molecular formula is C21H27N3O3. The third-order valence-corrected chi connectivity index (χ3v) is 4.50. The van der Waals surface area contributed by atoms with E-state index in [1.165, 1.54) is 0 Å². The highest BCUT2D eigenvalue weighted by Gasteiger charge is 2.12. The van der Waals surface area contributed by atoms with Gasteiger partial charge in [-0.05, 0) is 23.3 Å².